The largest absolute Gasteiger partial charge is 0.489 e. The van der Waals surface area contributed by atoms with Gasteiger partial charge in [0.05, 0.1) is 6.54 Å². The van der Waals surface area contributed by atoms with E-state index in [1.54, 1.807) is 20.8 Å². The van der Waals surface area contributed by atoms with E-state index in [1.165, 1.54) is 0 Å². The molecule has 0 aliphatic heterocycles. The molecular weight excluding hydrogens is 632 g/mol. The van der Waals surface area contributed by atoms with Gasteiger partial charge < -0.3 is 30.7 Å². The standard InChI is InChI=1S/C37H48N4O6.ClH/c1-26(2)22-31(40-35(44)32(23-28-12-8-6-9-13-28)41-36(45)47-37(3,4)5)34(43)39-24-33(42)38-21-20-27-16-18-30(19-17-27)46-25-29-14-10-7-11-15-29;/h6-19,26,31-32H,20-25H2,1-5H3,(H,38,42)(H,39,43)(H,40,44)(H,41,45);1H/t31-,32-;/m0./s1. The second-order valence-corrected chi connectivity index (χ2v) is 12.8. The Morgan fingerprint density at radius 2 is 1.31 bits per heavy atom. The van der Waals surface area contributed by atoms with E-state index in [0.29, 0.717) is 26.0 Å². The van der Waals surface area contributed by atoms with Gasteiger partial charge in [-0.15, -0.1) is 12.4 Å². The van der Waals surface area contributed by atoms with Gasteiger partial charge in [0, 0.05) is 13.0 Å². The Bertz CT molecular complexity index is 1430. The van der Waals surface area contributed by atoms with Crippen molar-refractivity contribution in [1.29, 1.82) is 0 Å². The summed E-state index contributed by atoms with van der Waals surface area (Å²) < 4.78 is 11.2. The number of carbonyl (C=O) groups excluding carboxylic acids is 4. The van der Waals surface area contributed by atoms with Gasteiger partial charge in [-0.05, 0) is 68.4 Å². The van der Waals surface area contributed by atoms with E-state index in [-0.39, 0.29) is 37.2 Å². The van der Waals surface area contributed by atoms with Crippen LogP contribution in [0.1, 0.15) is 57.7 Å². The molecule has 0 saturated carbocycles. The summed E-state index contributed by atoms with van der Waals surface area (Å²) in [5.74, 6) is -0.518. The summed E-state index contributed by atoms with van der Waals surface area (Å²) in [6.07, 6.45) is 0.420. The molecule has 2 atom stereocenters. The minimum Gasteiger partial charge on any atom is -0.489 e. The van der Waals surface area contributed by atoms with Gasteiger partial charge in [0.1, 0.15) is 30.0 Å². The number of hydrogen-bond acceptors (Lipinski definition) is 6. The van der Waals surface area contributed by atoms with Crippen molar-refractivity contribution >= 4 is 36.2 Å². The van der Waals surface area contributed by atoms with Crippen molar-refractivity contribution in [2.75, 3.05) is 13.1 Å². The van der Waals surface area contributed by atoms with Crippen molar-refractivity contribution in [3.05, 3.63) is 102 Å². The van der Waals surface area contributed by atoms with E-state index >= 15 is 0 Å². The maximum absolute atomic E-state index is 13.4. The molecule has 4 amide bonds. The van der Waals surface area contributed by atoms with Gasteiger partial charge in [0.25, 0.3) is 0 Å². The summed E-state index contributed by atoms with van der Waals surface area (Å²) in [5.41, 5.74) is 2.20. The lowest BCUT2D eigenvalue weighted by atomic mass is 10.0. The van der Waals surface area contributed by atoms with Crippen LogP contribution in [0, 0.1) is 5.92 Å². The van der Waals surface area contributed by atoms with Crippen molar-refractivity contribution in [3.63, 3.8) is 0 Å². The van der Waals surface area contributed by atoms with Crippen LogP contribution in [0.25, 0.3) is 0 Å². The summed E-state index contributed by atoms with van der Waals surface area (Å²) >= 11 is 0. The van der Waals surface area contributed by atoms with Gasteiger partial charge in [0.15, 0.2) is 0 Å². The number of benzene rings is 3. The van der Waals surface area contributed by atoms with Crippen LogP contribution in [0.15, 0.2) is 84.9 Å². The molecule has 0 spiro atoms. The SMILES string of the molecule is CC(C)C[C@H](NC(=O)[C@H](Cc1ccccc1)NC(=O)OC(C)(C)C)C(=O)NCC(=O)NCCc1ccc(OCc2ccccc2)cc1.Cl. The minimum atomic E-state index is -0.984. The Morgan fingerprint density at radius 3 is 1.90 bits per heavy atom. The second-order valence-electron chi connectivity index (χ2n) is 12.8. The summed E-state index contributed by atoms with van der Waals surface area (Å²) in [6.45, 7) is 9.71. The molecule has 4 N–H and O–H groups in total. The zero-order valence-corrected chi connectivity index (χ0v) is 29.2. The molecule has 0 aliphatic carbocycles. The molecule has 260 valence electrons. The van der Waals surface area contributed by atoms with E-state index in [2.05, 4.69) is 21.3 Å². The van der Waals surface area contributed by atoms with Crippen LogP contribution in [-0.2, 0) is 38.6 Å². The van der Waals surface area contributed by atoms with Gasteiger partial charge in [0.2, 0.25) is 17.7 Å². The fraction of sp³-hybridized carbons (Fsp3) is 0.405. The molecule has 0 fully saturated rings. The average Bonchev–Trinajstić information content (AvgIpc) is 3.02. The zero-order valence-electron chi connectivity index (χ0n) is 28.4. The topological polar surface area (TPSA) is 135 Å². The first-order valence-electron chi connectivity index (χ1n) is 16.0. The van der Waals surface area contributed by atoms with Crippen LogP contribution in [0.4, 0.5) is 4.79 Å². The van der Waals surface area contributed by atoms with Gasteiger partial charge >= 0.3 is 6.09 Å². The van der Waals surface area contributed by atoms with E-state index in [1.807, 2.05) is 98.8 Å². The Kier molecular flexibility index (Phi) is 16.5. The molecule has 0 aromatic heterocycles. The number of nitrogens with one attached hydrogen (secondary N) is 4. The van der Waals surface area contributed by atoms with E-state index < -0.39 is 35.6 Å². The molecule has 3 aromatic rings. The minimum absolute atomic E-state index is 0. The zero-order chi connectivity index (χ0) is 34.2. The normalized spacial score (nSPS) is 12.1. The number of halogens is 1. The maximum atomic E-state index is 13.4. The van der Waals surface area contributed by atoms with Crippen LogP contribution in [0.3, 0.4) is 0 Å². The fourth-order valence-corrected chi connectivity index (χ4v) is 4.68. The van der Waals surface area contributed by atoms with Crippen LogP contribution in [0.5, 0.6) is 5.75 Å². The third-order valence-corrected chi connectivity index (χ3v) is 6.96. The molecule has 10 nitrogen and oxygen atoms in total. The Morgan fingerprint density at radius 1 is 0.708 bits per heavy atom. The Labute approximate surface area is 290 Å². The van der Waals surface area contributed by atoms with Crippen LogP contribution in [0.2, 0.25) is 0 Å². The first-order chi connectivity index (χ1) is 22.4. The summed E-state index contributed by atoms with van der Waals surface area (Å²) in [5, 5.41) is 10.9. The van der Waals surface area contributed by atoms with Crippen LogP contribution in [-0.4, -0.2) is 54.6 Å². The van der Waals surface area contributed by atoms with E-state index in [4.69, 9.17) is 9.47 Å². The molecule has 11 heteroatoms. The lowest BCUT2D eigenvalue weighted by Crippen LogP contribution is -2.55. The van der Waals surface area contributed by atoms with Gasteiger partial charge in [-0.25, -0.2) is 4.79 Å². The number of rotatable bonds is 16. The monoisotopic (exact) mass is 680 g/mol. The molecule has 0 aliphatic rings. The number of ether oxygens (including phenoxy) is 2. The van der Waals surface area contributed by atoms with Crippen molar-refractivity contribution in [2.24, 2.45) is 5.92 Å². The number of amides is 4. The van der Waals surface area contributed by atoms with Gasteiger partial charge in [-0.1, -0.05) is 86.6 Å². The predicted octanol–water partition coefficient (Wildman–Crippen LogP) is 5.13. The number of alkyl carbamates (subject to hydrolysis) is 1. The first-order valence-corrected chi connectivity index (χ1v) is 16.0. The number of hydrogen-bond donors (Lipinski definition) is 4. The smallest absolute Gasteiger partial charge is 0.408 e. The van der Waals surface area contributed by atoms with E-state index in [0.717, 1.165) is 22.4 Å². The van der Waals surface area contributed by atoms with E-state index in [9.17, 15) is 19.2 Å². The van der Waals surface area contributed by atoms with Crippen molar-refractivity contribution in [1.82, 2.24) is 21.3 Å². The Balaban J connectivity index is 0.00000800. The third-order valence-electron chi connectivity index (χ3n) is 6.96. The summed E-state index contributed by atoms with van der Waals surface area (Å²) in [4.78, 5) is 51.7. The highest BCUT2D eigenvalue weighted by molar-refractivity contribution is 5.93. The maximum Gasteiger partial charge on any atom is 0.408 e. The van der Waals surface area contributed by atoms with Crippen LogP contribution >= 0.6 is 12.4 Å². The summed E-state index contributed by atoms with van der Waals surface area (Å²) in [7, 11) is 0. The second kappa shape index (κ2) is 19.9. The highest BCUT2D eigenvalue weighted by atomic mass is 35.5. The van der Waals surface area contributed by atoms with Gasteiger partial charge in [-0.2, -0.15) is 0 Å². The number of carbonyl (C=O) groups is 4. The Hall–Kier alpha value is -4.57. The molecular formula is C37H49ClN4O6. The van der Waals surface area contributed by atoms with Crippen molar-refractivity contribution in [3.8, 4) is 5.75 Å². The van der Waals surface area contributed by atoms with Crippen LogP contribution < -0.4 is 26.0 Å². The molecule has 0 radical (unpaired) electrons. The molecule has 0 saturated heterocycles. The summed E-state index contributed by atoms with van der Waals surface area (Å²) in [6, 6.07) is 25.0. The third kappa shape index (κ3) is 15.3. The molecule has 3 rings (SSSR count). The molecule has 3 aromatic carbocycles. The first kappa shape index (κ1) is 39.6. The van der Waals surface area contributed by atoms with Crippen molar-refractivity contribution in [2.45, 2.75) is 78.2 Å². The molecule has 0 unspecified atom stereocenters. The highest BCUT2D eigenvalue weighted by Crippen LogP contribution is 2.15. The molecule has 0 bridgehead atoms. The van der Waals surface area contributed by atoms with Gasteiger partial charge in [-0.3, -0.25) is 14.4 Å². The fourth-order valence-electron chi connectivity index (χ4n) is 4.68. The highest BCUT2D eigenvalue weighted by Gasteiger charge is 2.29. The molecule has 48 heavy (non-hydrogen) atoms. The molecule has 0 heterocycles. The van der Waals surface area contributed by atoms with Crippen molar-refractivity contribution < 1.29 is 28.7 Å². The average molecular weight is 681 g/mol. The predicted molar refractivity (Wildman–Crippen MR) is 189 cm³/mol. The lowest BCUT2D eigenvalue weighted by Gasteiger charge is -2.26. The lowest BCUT2D eigenvalue weighted by molar-refractivity contribution is -0.131. The quantitative estimate of drug-likeness (QED) is 0.166.